The van der Waals surface area contributed by atoms with Gasteiger partial charge in [-0.1, -0.05) is 83.1 Å². The molecule has 0 amide bonds. The fraction of sp³-hybridized carbons (Fsp3) is 1.00. The van der Waals surface area contributed by atoms with Crippen molar-refractivity contribution < 1.29 is 4.74 Å². The second kappa shape index (κ2) is 12.4. The van der Waals surface area contributed by atoms with E-state index in [4.69, 9.17) is 4.74 Å². The zero-order valence-corrected chi connectivity index (χ0v) is 24.4. The topological polar surface area (TPSA) is 9.23 Å². The molecule has 0 aliphatic carbocycles. The van der Waals surface area contributed by atoms with Gasteiger partial charge in [-0.05, 0) is 99.7 Å². The number of hydrogen-bond donors (Lipinski definition) is 0. The highest BCUT2D eigenvalue weighted by molar-refractivity contribution is 4.87. The maximum absolute atomic E-state index is 7.21. The van der Waals surface area contributed by atoms with Crippen molar-refractivity contribution in [3.63, 3.8) is 0 Å². The summed E-state index contributed by atoms with van der Waals surface area (Å²) < 4.78 is 7.21. The van der Waals surface area contributed by atoms with Gasteiger partial charge in [-0.3, -0.25) is 0 Å². The predicted octanol–water partition coefficient (Wildman–Crippen LogP) is 10.3. The van der Waals surface area contributed by atoms with Crippen LogP contribution in [0.3, 0.4) is 0 Å². The van der Waals surface area contributed by atoms with Crippen LogP contribution in [-0.4, -0.2) is 11.2 Å². The molecule has 0 aliphatic heterocycles. The van der Waals surface area contributed by atoms with Crippen molar-refractivity contribution in [2.24, 2.45) is 34.5 Å². The first-order valence-electron chi connectivity index (χ1n) is 13.4. The minimum atomic E-state index is -0.0305. The van der Waals surface area contributed by atoms with Crippen LogP contribution in [0.4, 0.5) is 0 Å². The Morgan fingerprint density at radius 1 is 0.484 bits per heavy atom. The molecule has 4 atom stereocenters. The number of rotatable bonds is 14. The monoisotopic (exact) mass is 438 g/mol. The summed E-state index contributed by atoms with van der Waals surface area (Å²) in [5.41, 5.74) is 0.753. The van der Waals surface area contributed by atoms with Crippen LogP contribution in [0.2, 0.25) is 0 Å². The Hall–Kier alpha value is -0.0400. The van der Waals surface area contributed by atoms with Gasteiger partial charge in [0.05, 0.1) is 11.2 Å². The van der Waals surface area contributed by atoms with Crippen LogP contribution in [0.25, 0.3) is 0 Å². The van der Waals surface area contributed by atoms with Crippen molar-refractivity contribution in [2.45, 2.75) is 160 Å². The van der Waals surface area contributed by atoms with Crippen molar-refractivity contribution in [1.29, 1.82) is 0 Å². The van der Waals surface area contributed by atoms with E-state index in [0.29, 0.717) is 22.7 Å². The Morgan fingerprint density at radius 2 is 0.774 bits per heavy atom. The molecule has 188 valence electrons. The molecule has 0 N–H and O–H groups in total. The molecule has 4 unspecified atom stereocenters. The molecule has 0 fully saturated rings. The molecule has 0 saturated heterocycles. The van der Waals surface area contributed by atoms with E-state index in [1.54, 1.807) is 0 Å². The van der Waals surface area contributed by atoms with Crippen molar-refractivity contribution >= 4 is 0 Å². The van der Waals surface area contributed by atoms with Gasteiger partial charge in [0.2, 0.25) is 0 Å². The summed E-state index contributed by atoms with van der Waals surface area (Å²) in [4.78, 5) is 0. The normalized spacial score (nSPS) is 19.4. The summed E-state index contributed by atoms with van der Waals surface area (Å²) in [7, 11) is 0. The Labute approximate surface area is 198 Å². The van der Waals surface area contributed by atoms with Crippen molar-refractivity contribution in [2.75, 3.05) is 0 Å². The second-order valence-electron chi connectivity index (χ2n) is 15.0. The van der Waals surface area contributed by atoms with Gasteiger partial charge in [0.15, 0.2) is 0 Å². The van der Waals surface area contributed by atoms with E-state index in [0.717, 1.165) is 24.7 Å². The Morgan fingerprint density at radius 3 is 1.00 bits per heavy atom. The van der Waals surface area contributed by atoms with Gasteiger partial charge in [-0.25, -0.2) is 0 Å². The molecule has 0 heterocycles. The molecule has 0 radical (unpaired) electrons. The standard InChI is InChI=1S/C30H62O/c1-23(2)19-29(13,17-15-25(5)21-27(7,8)9)31-30(14,20-24(3)4)18-16-26(6)22-28(10,11)12/h23-26H,15-22H2,1-14H3. The zero-order chi connectivity index (χ0) is 24.7. The molecule has 0 aliphatic rings. The summed E-state index contributed by atoms with van der Waals surface area (Å²) in [6, 6.07) is 0. The van der Waals surface area contributed by atoms with Gasteiger partial charge in [0.25, 0.3) is 0 Å². The average molecular weight is 439 g/mol. The van der Waals surface area contributed by atoms with Gasteiger partial charge < -0.3 is 4.74 Å². The SMILES string of the molecule is CC(C)CC(C)(CCC(C)CC(C)(C)C)OC(C)(CCC(C)CC(C)(C)C)CC(C)C. The van der Waals surface area contributed by atoms with Crippen LogP contribution in [0.5, 0.6) is 0 Å². The van der Waals surface area contributed by atoms with E-state index in [-0.39, 0.29) is 11.2 Å². The van der Waals surface area contributed by atoms with E-state index in [9.17, 15) is 0 Å². The Bertz CT molecular complexity index is 434. The fourth-order valence-electron chi connectivity index (χ4n) is 6.11. The molecule has 0 spiro atoms. The van der Waals surface area contributed by atoms with Crippen LogP contribution in [0.15, 0.2) is 0 Å². The van der Waals surface area contributed by atoms with Crippen LogP contribution in [0, 0.1) is 34.5 Å². The molecule has 0 aromatic heterocycles. The highest BCUT2D eigenvalue weighted by Gasteiger charge is 2.37. The highest BCUT2D eigenvalue weighted by Crippen LogP contribution is 2.40. The molecule has 1 heteroatoms. The van der Waals surface area contributed by atoms with Crippen molar-refractivity contribution in [3.05, 3.63) is 0 Å². The van der Waals surface area contributed by atoms with E-state index < -0.39 is 0 Å². The Balaban J connectivity index is 5.36. The van der Waals surface area contributed by atoms with Crippen LogP contribution in [-0.2, 0) is 4.74 Å². The lowest BCUT2D eigenvalue weighted by molar-refractivity contribution is -0.165. The lowest BCUT2D eigenvalue weighted by Gasteiger charge is -2.44. The second-order valence-corrected chi connectivity index (χ2v) is 15.0. The summed E-state index contributed by atoms with van der Waals surface area (Å²) in [6.45, 7) is 33.3. The van der Waals surface area contributed by atoms with E-state index in [1.807, 2.05) is 0 Å². The van der Waals surface area contributed by atoms with Crippen LogP contribution < -0.4 is 0 Å². The first-order chi connectivity index (χ1) is 13.7. The van der Waals surface area contributed by atoms with E-state index in [1.165, 1.54) is 38.5 Å². The van der Waals surface area contributed by atoms with Gasteiger partial charge >= 0.3 is 0 Å². The fourth-order valence-corrected chi connectivity index (χ4v) is 6.11. The molecule has 0 aromatic rings. The van der Waals surface area contributed by atoms with Gasteiger partial charge in [0, 0.05) is 0 Å². The van der Waals surface area contributed by atoms with Crippen molar-refractivity contribution in [3.8, 4) is 0 Å². The highest BCUT2D eigenvalue weighted by atomic mass is 16.5. The van der Waals surface area contributed by atoms with Crippen LogP contribution >= 0.6 is 0 Å². The predicted molar refractivity (Wildman–Crippen MR) is 142 cm³/mol. The summed E-state index contributed by atoms with van der Waals surface area (Å²) in [5, 5.41) is 0. The minimum absolute atomic E-state index is 0.0305. The van der Waals surface area contributed by atoms with Crippen LogP contribution in [0.1, 0.15) is 148 Å². The third-order valence-electron chi connectivity index (χ3n) is 6.43. The molecule has 0 rings (SSSR count). The van der Waals surface area contributed by atoms with Crippen molar-refractivity contribution in [1.82, 2.24) is 0 Å². The minimum Gasteiger partial charge on any atom is -0.369 e. The lowest BCUT2D eigenvalue weighted by atomic mass is 9.79. The lowest BCUT2D eigenvalue weighted by Crippen LogP contribution is -2.43. The maximum atomic E-state index is 7.21. The zero-order valence-electron chi connectivity index (χ0n) is 24.4. The third-order valence-corrected chi connectivity index (χ3v) is 6.43. The van der Waals surface area contributed by atoms with E-state index >= 15 is 0 Å². The first kappa shape index (κ1) is 31.0. The summed E-state index contributed by atoms with van der Waals surface area (Å²) in [5.74, 6) is 2.81. The smallest absolute Gasteiger partial charge is 0.0664 e. The quantitative estimate of drug-likeness (QED) is 0.262. The largest absolute Gasteiger partial charge is 0.369 e. The number of hydrogen-bond acceptors (Lipinski definition) is 1. The molecule has 0 saturated carbocycles. The van der Waals surface area contributed by atoms with Gasteiger partial charge in [-0.15, -0.1) is 0 Å². The average Bonchev–Trinajstić information content (AvgIpc) is 2.46. The maximum Gasteiger partial charge on any atom is 0.0664 e. The molecular formula is C30H62O. The molecule has 31 heavy (non-hydrogen) atoms. The molecule has 0 aromatic carbocycles. The van der Waals surface area contributed by atoms with Gasteiger partial charge in [0.1, 0.15) is 0 Å². The number of ether oxygens (including phenoxy) is 1. The van der Waals surface area contributed by atoms with Gasteiger partial charge in [-0.2, -0.15) is 0 Å². The Kier molecular flexibility index (Phi) is 12.4. The third kappa shape index (κ3) is 16.3. The summed E-state index contributed by atoms with van der Waals surface area (Å²) in [6.07, 6.45) is 9.76. The molecule has 0 bridgehead atoms. The summed E-state index contributed by atoms with van der Waals surface area (Å²) >= 11 is 0. The first-order valence-corrected chi connectivity index (χ1v) is 13.4. The molecular weight excluding hydrogens is 376 g/mol. The molecule has 1 nitrogen and oxygen atoms in total. The van der Waals surface area contributed by atoms with E-state index in [2.05, 4.69) is 96.9 Å².